The molecule has 1 aliphatic heterocycles. The van der Waals surface area contributed by atoms with Gasteiger partial charge in [-0.05, 0) is 43.6 Å². The van der Waals surface area contributed by atoms with Crippen LogP contribution in [0.3, 0.4) is 0 Å². The molecule has 0 aliphatic carbocycles. The quantitative estimate of drug-likeness (QED) is 0.818. The van der Waals surface area contributed by atoms with E-state index in [0.29, 0.717) is 0 Å². The molecule has 1 fully saturated rings. The molecule has 1 saturated heterocycles. The Balaban J connectivity index is 2.05. The van der Waals surface area contributed by atoms with Gasteiger partial charge in [0.25, 0.3) is 0 Å². The van der Waals surface area contributed by atoms with Gasteiger partial charge in [-0.1, -0.05) is 25.7 Å². The van der Waals surface area contributed by atoms with Crippen LogP contribution in [0.1, 0.15) is 36.2 Å². The number of nitrogens with zero attached hydrogens (tertiary/aromatic N) is 1. The van der Waals surface area contributed by atoms with Gasteiger partial charge in [-0.15, -0.1) is 0 Å². The van der Waals surface area contributed by atoms with E-state index in [9.17, 15) is 0 Å². The molecule has 1 aliphatic rings. The fraction of sp³-hybridized carbons (Fsp3) is 0.429. The average molecular weight is 216 g/mol. The molecular formula is C14H20N2. The average Bonchev–Trinajstić information content (AvgIpc) is 2.72. The minimum absolute atomic E-state index is 1.02. The van der Waals surface area contributed by atoms with Gasteiger partial charge in [-0.3, -0.25) is 4.90 Å². The van der Waals surface area contributed by atoms with Crippen molar-refractivity contribution in [2.45, 2.75) is 25.8 Å². The summed E-state index contributed by atoms with van der Waals surface area (Å²) in [6.07, 6.45) is 7.80. The summed E-state index contributed by atoms with van der Waals surface area (Å²) in [5, 5.41) is 0. The van der Waals surface area contributed by atoms with E-state index >= 15 is 0 Å². The lowest BCUT2D eigenvalue weighted by molar-refractivity contribution is 0.219. The van der Waals surface area contributed by atoms with Crippen molar-refractivity contribution in [3.8, 4) is 0 Å². The van der Waals surface area contributed by atoms with E-state index in [1.807, 2.05) is 12.2 Å². The smallest absolute Gasteiger partial charge is 0.0450 e. The predicted octanol–water partition coefficient (Wildman–Crippen LogP) is 3.29. The number of aromatic nitrogens is 1. The third-order valence-corrected chi connectivity index (χ3v) is 3.20. The number of nitrogens with one attached hydrogen (secondary N) is 1. The predicted molar refractivity (Wildman–Crippen MR) is 70.1 cm³/mol. The van der Waals surface area contributed by atoms with Crippen LogP contribution >= 0.6 is 0 Å². The highest BCUT2D eigenvalue weighted by Gasteiger charge is 2.12. The Hall–Kier alpha value is -1.28. The van der Waals surface area contributed by atoms with E-state index in [-0.39, 0.29) is 0 Å². The summed E-state index contributed by atoms with van der Waals surface area (Å²) in [4.78, 5) is 5.91. The first-order valence-electron chi connectivity index (χ1n) is 6.02. The molecule has 0 atom stereocenters. The molecule has 2 nitrogen and oxygen atoms in total. The zero-order valence-electron chi connectivity index (χ0n) is 9.84. The molecule has 1 N–H and O–H groups in total. The Labute approximate surface area is 97.7 Å². The van der Waals surface area contributed by atoms with Crippen molar-refractivity contribution in [3.05, 3.63) is 36.2 Å². The van der Waals surface area contributed by atoms with Crippen LogP contribution < -0.4 is 0 Å². The first kappa shape index (κ1) is 11.2. The molecular weight excluding hydrogens is 196 g/mol. The van der Waals surface area contributed by atoms with Crippen molar-refractivity contribution in [2.24, 2.45) is 0 Å². The summed E-state index contributed by atoms with van der Waals surface area (Å²) in [6, 6.07) is 2.18. The zero-order chi connectivity index (χ0) is 11.4. The van der Waals surface area contributed by atoms with Crippen LogP contribution in [0.25, 0.3) is 12.2 Å². The van der Waals surface area contributed by atoms with Gasteiger partial charge in [0.1, 0.15) is 0 Å². The van der Waals surface area contributed by atoms with E-state index in [0.717, 1.165) is 17.8 Å². The number of piperidine rings is 1. The zero-order valence-corrected chi connectivity index (χ0v) is 9.84. The first-order chi connectivity index (χ1) is 7.83. The van der Waals surface area contributed by atoms with Crippen molar-refractivity contribution in [1.82, 2.24) is 9.88 Å². The number of hydrogen-bond donors (Lipinski definition) is 1. The molecule has 0 radical (unpaired) electrons. The van der Waals surface area contributed by atoms with E-state index in [1.54, 1.807) is 0 Å². The van der Waals surface area contributed by atoms with Crippen molar-refractivity contribution in [2.75, 3.05) is 13.1 Å². The summed E-state index contributed by atoms with van der Waals surface area (Å²) in [7, 11) is 0. The van der Waals surface area contributed by atoms with Gasteiger partial charge < -0.3 is 4.98 Å². The van der Waals surface area contributed by atoms with E-state index in [1.165, 1.54) is 38.0 Å². The molecule has 1 aromatic heterocycles. The number of H-pyrrole nitrogens is 1. The normalized spacial score (nSPS) is 17.2. The molecule has 0 bridgehead atoms. The number of rotatable bonds is 4. The third-order valence-electron chi connectivity index (χ3n) is 3.20. The summed E-state index contributed by atoms with van der Waals surface area (Å²) in [6.45, 7) is 11.1. The van der Waals surface area contributed by atoms with Crippen molar-refractivity contribution >= 4 is 12.2 Å². The Kier molecular flexibility index (Phi) is 3.62. The van der Waals surface area contributed by atoms with E-state index in [2.05, 4.69) is 29.1 Å². The van der Waals surface area contributed by atoms with Gasteiger partial charge in [0.15, 0.2) is 0 Å². The molecule has 16 heavy (non-hydrogen) atoms. The topological polar surface area (TPSA) is 19.0 Å². The molecule has 0 unspecified atom stereocenters. The standard InChI is InChI=1S/C14H20N2/c1-3-12-10-13(15-14(12)4-2)11-16-8-6-5-7-9-16/h3-4,10,15H,1-2,5-9,11H2. The fourth-order valence-corrected chi connectivity index (χ4v) is 2.33. The van der Waals surface area contributed by atoms with Crippen LogP contribution in [0.5, 0.6) is 0 Å². The second kappa shape index (κ2) is 5.17. The van der Waals surface area contributed by atoms with Crippen LogP contribution in [0.4, 0.5) is 0 Å². The van der Waals surface area contributed by atoms with Gasteiger partial charge in [-0.2, -0.15) is 0 Å². The summed E-state index contributed by atoms with van der Waals surface area (Å²) < 4.78 is 0. The molecule has 2 heteroatoms. The van der Waals surface area contributed by atoms with Crippen LogP contribution in [-0.2, 0) is 6.54 Å². The largest absolute Gasteiger partial charge is 0.357 e. The second-order valence-corrected chi connectivity index (χ2v) is 4.41. The molecule has 0 saturated carbocycles. The number of aromatic amines is 1. The van der Waals surface area contributed by atoms with Crippen LogP contribution in [0.2, 0.25) is 0 Å². The fourth-order valence-electron chi connectivity index (χ4n) is 2.33. The SMILES string of the molecule is C=Cc1cc(CN2CCCCC2)[nH]c1C=C. The number of hydrogen-bond acceptors (Lipinski definition) is 1. The van der Waals surface area contributed by atoms with Gasteiger partial charge in [0.05, 0.1) is 0 Å². The number of likely N-dealkylation sites (tertiary alicyclic amines) is 1. The van der Waals surface area contributed by atoms with E-state index in [4.69, 9.17) is 0 Å². The summed E-state index contributed by atoms with van der Waals surface area (Å²) in [5.74, 6) is 0. The van der Waals surface area contributed by atoms with Crippen molar-refractivity contribution < 1.29 is 0 Å². The van der Waals surface area contributed by atoms with Crippen molar-refractivity contribution in [1.29, 1.82) is 0 Å². The Bertz CT molecular complexity index is 345. The maximum Gasteiger partial charge on any atom is 0.0450 e. The van der Waals surface area contributed by atoms with Gasteiger partial charge in [-0.25, -0.2) is 0 Å². The third kappa shape index (κ3) is 2.45. The lowest BCUT2D eigenvalue weighted by Gasteiger charge is -2.25. The lowest BCUT2D eigenvalue weighted by Crippen LogP contribution is -2.29. The Morgan fingerprint density at radius 2 is 1.94 bits per heavy atom. The summed E-state index contributed by atoms with van der Waals surface area (Å²) in [5.41, 5.74) is 3.51. The molecule has 0 spiro atoms. The molecule has 1 aromatic rings. The highest BCUT2D eigenvalue weighted by molar-refractivity contribution is 5.61. The molecule has 86 valence electrons. The maximum atomic E-state index is 3.82. The Morgan fingerprint density at radius 3 is 2.50 bits per heavy atom. The molecule has 0 aromatic carbocycles. The van der Waals surface area contributed by atoms with Crippen molar-refractivity contribution in [3.63, 3.8) is 0 Å². The first-order valence-corrected chi connectivity index (χ1v) is 6.02. The summed E-state index contributed by atoms with van der Waals surface area (Å²) >= 11 is 0. The minimum Gasteiger partial charge on any atom is -0.357 e. The van der Waals surface area contributed by atoms with Gasteiger partial charge in [0, 0.05) is 17.9 Å². The lowest BCUT2D eigenvalue weighted by atomic mass is 10.1. The highest BCUT2D eigenvalue weighted by atomic mass is 15.1. The molecule has 2 rings (SSSR count). The van der Waals surface area contributed by atoms with Crippen LogP contribution in [-0.4, -0.2) is 23.0 Å². The van der Waals surface area contributed by atoms with Gasteiger partial charge in [0.2, 0.25) is 0 Å². The monoisotopic (exact) mass is 216 g/mol. The minimum atomic E-state index is 1.02. The maximum absolute atomic E-state index is 3.82. The van der Waals surface area contributed by atoms with Crippen LogP contribution in [0.15, 0.2) is 19.2 Å². The second-order valence-electron chi connectivity index (χ2n) is 4.41. The van der Waals surface area contributed by atoms with Gasteiger partial charge >= 0.3 is 0 Å². The highest BCUT2D eigenvalue weighted by Crippen LogP contribution is 2.17. The van der Waals surface area contributed by atoms with Crippen LogP contribution in [0, 0.1) is 0 Å². The Morgan fingerprint density at radius 1 is 1.19 bits per heavy atom. The molecule has 0 amide bonds. The van der Waals surface area contributed by atoms with E-state index < -0.39 is 0 Å². The molecule has 2 heterocycles.